The predicted octanol–water partition coefficient (Wildman–Crippen LogP) is 1.25. The monoisotopic (exact) mass is 302 g/mol. The first-order valence-corrected chi connectivity index (χ1v) is 7.51. The van der Waals surface area contributed by atoms with Crippen molar-refractivity contribution in [2.24, 2.45) is 0 Å². The number of amides is 3. The average molecular weight is 302 g/mol. The van der Waals surface area contributed by atoms with Gasteiger partial charge in [0.15, 0.2) is 0 Å². The molecule has 0 saturated carbocycles. The maximum absolute atomic E-state index is 12.0. The molecule has 0 bridgehead atoms. The van der Waals surface area contributed by atoms with Crippen molar-refractivity contribution in [2.75, 3.05) is 18.1 Å². The lowest BCUT2D eigenvalue weighted by atomic mass is 10.1. The number of nitrogens with zero attached hydrogens (tertiary/aromatic N) is 1. The molecule has 0 aromatic heterocycles. The van der Waals surface area contributed by atoms with Crippen molar-refractivity contribution in [1.82, 2.24) is 5.32 Å². The quantitative estimate of drug-likeness (QED) is 0.849. The van der Waals surface area contributed by atoms with Crippen LogP contribution in [0.3, 0.4) is 0 Å². The molecule has 6 heteroatoms. The molecule has 116 valence electrons. The highest BCUT2D eigenvalue weighted by atomic mass is 16.5. The minimum atomic E-state index is -0.194. The molecule has 2 aliphatic rings. The second-order valence-corrected chi connectivity index (χ2v) is 5.51. The normalized spacial score (nSPS) is 21.5. The maximum Gasteiger partial charge on any atom is 0.251 e. The summed E-state index contributed by atoms with van der Waals surface area (Å²) < 4.78 is 5.45. The smallest absolute Gasteiger partial charge is 0.251 e. The summed E-state index contributed by atoms with van der Waals surface area (Å²) in [4.78, 5) is 36.6. The number of rotatable bonds is 4. The van der Waals surface area contributed by atoms with Crippen molar-refractivity contribution >= 4 is 23.4 Å². The topological polar surface area (TPSA) is 75.7 Å². The molecule has 1 atom stereocenters. The van der Waals surface area contributed by atoms with Gasteiger partial charge in [-0.1, -0.05) is 0 Å². The molecule has 1 aromatic rings. The van der Waals surface area contributed by atoms with Crippen molar-refractivity contribution < 1.29 is 19.1 Å². The van der Waals surface area contributed by atoms with Crippen LogP contribution in [0.25, 0.3) is 0 Å². The van der Waals surface area contributed by atoms with Crippen LogP contribution in [0.5, 0.6) is 0 Å². The summed E-state index contributed by atoms with van der Waals surface area (Å²) in [6.45, 7) is 1.26. The molecular weight excluding hydrogens is 284 g/mol. The van der Waals surface area contributed by atoms with Crippen LogP contribution in [-0.2, 0) is 14.3 Å². The van der Waals surface area contributed by atoms with Gasteiger partial charge in [0.25, 0.3) is 5.91 Å². The van der Waals surface area contributed by atoms with Crippen molar-refractivity contribution in [3.8, 4) is 0 Å². The number of carbonyl (C=O) groups is 3. The van der Waals surface area contributed by atoms with Gasteiger partial charge >= 0.3 is 0 Å². The first kappa shape index (κ1) is 14.7. The number of ether oxygens (including phenoxy) is 1. The fourth-order valence-electron chi connectivity index (χ4n) is 2.74. The molecule has 1 unspecified atom stereocenters. The molecule has 22 heavy (non-hydrogen) atoms. The van der Waals surface area contributed by atoms with Crippen molar-refractivity contribution in [3.05, 3.63) is 29.8 Å². The molecule has 1 aromatic carbocycles. The summed E-state index contributed by atoms with van der Waals surface area (Å²) in [6.07, 6.45) is 2.61. The third-order valence-electron chi connectivity index (χ3n) is 3.95. The zero-order valence-electron chi connectivity index (χ0n) is 12.2. The Morgan fingerprint density at radius 3 is 2.45 bits per heavy atom. The van der Waals surface area contributed by atoms with E-state index in [1.807, 2.05) is 0 Å². The number of imide groups is 1. The summed E-state index contributed by atoms with van der Waals surface area (Å²) in [5.41, 5.74) is 1.02. The van der Waals surface area contributed by atoms with Crippen LogP contribution in [0.1, 0.15) is 36.0 Å². The van der Waals surface area contributed by atoms with Gasteiger partial charge in [-0.3, -0.25) is 19.3 Å². The van der Waals surface area contributed by atoms with Crippen LogP contribution in [0.15, 0.2) is 24.3 Å². The average Bonchev–Trinajstić information content (AvgIpc) is 3.15. The second-order valence-electron chi connectivity index (χ2n) is 5.51. The Morgan fingerprint density at radius 2 is 1.86 bits per heavy atom. The van der Waals surface area contributed by atoms with E-state index in [-0.39, 0.29) is 36.7 Å². The Kier molecular flexibility index (Phi) is 4.20. The molecule has 2 fully saturated rings. The van der Waals surface area contributed by atoms with Gasteiger partial charge in [-0.15, -0.1) is 0 Å². The molecule has 3 amide bonds. The summed E-state index contributed by atoms with van der Waals surface area (Å²) in [7, 11) is 0. The first-order chi connectivity index (χ1) is 10.6. The SMILES string of the molecule is O=C(NCC1CCCO1)c1ccc(N2C(=O)CCC2=O)cc1. The van der Waals surface area contributed by atoms with Gasteiger partial charge in [0.05, 0.1) is 11.8 Å². The Hall–Kier alpha value is -2.21. The molecule has 0 aliphatic carbocycles. The lowest BCUT2D eigenvalue weighted by molar-refractivity contribution is -0.121. The lowest BCUT2D eigenvalue weighted by Crippen LogP contribution is -2.32. The molecule has 2 heterocycles. The molecule has 0 spiro atoms. The number of carbonyl (C=O) groups excluding carboxylic acids is 3. The van der Waals surface area contributed by atoms with Crippen LogP contribution >= 0.6 is 0 Å². The van der Waals surface area contributed by atoms with E-state index in [4.69, 9.17) is 4.74 Å². The number of nitrogens with one attached hydrogen (secondary N) is 1. The van der Waals surface area contributed by atoms with Crippen LogP contribution in [0, 0.1) is 0 Å². The van der Waals surface area contributed by atoms with Gasteiger partial charge in [-0.05, 0) is 37.1 Å². The largest absolute Gasteiger partial charge is 0.376 e. The highest BCUT2D eigenvalue weighted by Crippen LogP contribution is 2.22. The van der Waals surface area contributed by atoms with Crippen molar-refractivity contribution in [2.45, 2.75) is 31.8 Å². The molecule has 3 rings (SSSR count). The maximum atomic E-state index is 12.0. The van der Waals surface area contributed by atoms with Gasteiger partial charge in [0.1, 0.15) is 0 Å². The molecule has 2 saturated heterocycles. The lowest BCUT2D eigenvalue weighted by Gasteiger charge is -2.14. The van der Waals surface area contributed by atoms with E-state index in [0.717, 1.165) is 19.4 Å². The molecule has 0 radical (unpaired) electrons. The zero-order valence-corrected chi connectivity index (χ0v) is 12.2. The van der Waals surface area contributed by atoms with E-state index in [2.05, 4.69) is 5.32 Å². The Balaban J connectivity index is 1.62. The Labute approximate surface area is 128 Å². The summed E-state index contributed by atoms with van der Waals surface area (Å²) in [5, 5.41) is 2.84. The third-order valence-corrected chi connectivity index (χ3v) is 3.95. The standard InChI is InChI=1S/C16H18N2O4/c19-14-7-8-15(20)18(14)12-5-3-11(4-6-12)16(21)17-10-13-2-1-9-22-13/h3-6,13H,1-2,7-10H2,(H,17,21). The molecule has 2 aliphatic heterocycles. The highest BCUT2D eigenvalue weighted by Gasteiger charge is 2.30. The second kappa shape index (κ2) is 6.27. The van der Waals surface area contributed by atoms with Gasteiger partial charge in [0.2, 0.25) is 11.8 Å². The van der Waals surface area contributed by atoms with Crippen LogP contribution in [0.2, 0.25) is 0 Å². The van der Waals surface area contributed by atoms with Gasteiger partial charge < -0.3 is 10.1 Å². The van der Waals surface area contributed by atoms with Gasteiger partial charge in [-0.2, -0.15) is 0 Å². The first-order valence-electron chi connectivity index (χ1n) is 7.51. The van der Waals surface area contributed by atoms with Crippen LogP contribution in [-0.4, -0.2) is 37.0 Å². The van der Waals surface area contributed by atoms with Gasteiger partial charge in [-0.25, -0.2) is 0 Å². The van der Waals surface area contributed by atoms with E-state index >= 15 is 0 Å². The van der Waals surface area contributed by atoms with E-state index in [0.29, 0.717) is 17.8 Å². The Morgan fingerprint density at radius 1 is 1.18 bits per heavy atom. The van der Waals surface area contributed by atoms with E-state index in [1.54, 1.807) is 24.3 Å². The van der Waals surface area contributed by atoms with Crippen LogP contribution in [0.4, 0.5) is 5.69 Å². The highest BCUT2D eigenvalue weighted by molar-refractivity contribution is 6.19. The summed E-state index contributed by atoms with van der Waals surface area (Å²) in [5.74, 6) is -0.567. The number of anilines is 1. The fraction of sp³-hybridized carbons (Fsp3) is 0.438. The Bertz CT molecular complexity index is 575. The molecule has 1 N–H and O–H groups in total. The number of hydrogen-bond donors (Lipinski definition) is 1. The number of benzene rings is 1. The summed E-state index contributed by atoms with van der Waals surface area (Å²) >= 11 is 0. The van der Waals surface area contributed by atoms with Gasteiger partial charge in [0, 0.05) is 31.6 Å². The minimum absolute atomic E-state index is 0.100. The van der Waals surface area contributed by atoms with E-state index in [9.17, 15) is 14.4 Å². The third kappa shape index (κ3) is 3.01. The van der Waals surface area contributed by atoms with Crippen molar-refractivity contribution in [1.29, 1.82) is 0 Å². The van der Waals surface area contributed by atoms with E-state index < -0.39 is 0 Å². The van der Waals surface area contributed by atoms with Crippen LogP contribution < -0.4 is 10.2 Å². The predicted molar refractivity (Wildman–Crippen MR) is 79.5 cm³/mol. The molecular formula is C16H18N2O4. The molecule has 6 nitrogen and oxygen atoms in total. The van der Waals surface area contributed by atoms with Crippen molar-refractivity contribution in [3.63, 3.8) is 0 Å². The van der Waals surface area contributed by atoms with E-state index in [1.165, 1.54) is 4.90 Å². The fourth-order valence-corrected chi connectivity index (χ4v) is 2.74. The summed E-state index contributed by atoms with van der Waals surface area (Å²) in [6, 6.07) is 6.50. The minimum Gasteiger partial charge on any atom is -0.376 e. The zero-order chi connectivity index (χ0) is 15.5. The number of hydrogen-bond acceptors (Lipinski definition) is 4.